The molecule has 2 aromatic heterocycles. The number of nitrogens with one attached hydrogen (secondary N) is 3. The maximum atomic E-state index is 12.3. The van der Waals surface area contributed by atoms with Gasteiger partial charge in [0.15, 0.2) is 0 Å². The molecule has 0 saturated carbocycles. The lowest BCUT2D eigenvalue weighted by Gasteiger charge is -2.07. The van der Waals surface area contributed by atoms with E-state index < -0.39 is 0 Å². The highest BCUT2D eigenvalue weighted by Crippen LogP contribution is 2.31. The van der Waals surface area contributed by atoms with Gasteiger partial charge in [-0.2, -0.15) is 0 Å². The van der Waals surface area contributed by atoms with Crippen molar-refractivity contribution in [3.8, 4) is 10.6 Å². The SMILES string of the molecule is Cc1ccc2nc(-c3ccc(NC(=O)CNCCc4c[nH]c5ccc(C)cc45)cc3)sc2c1. The van der Waals surface area contributed by atoms with Crippen molar-refractivity contribution < 1.29 is 4.79 Å². The van der Waals surface area contributed by atoms with Gasteiger partial charge in [0.2, 0.25) is 5.91 Å². The van der Waals surface area contributed by atoms with E-state index in [1.807, 2.05) is 24.3 Å². The number of aromatic amines is 1. The van der Waals surface area contributed by atoms with Crippen molar-refractivity contribution in [1.29, 1.82) is 0 Å². The molecule has 5 aromatic rings. The highest BCUT2D eigenvalue weighted by atomic mass is 32.1. The minimum absolute atomic E-state index is 0.0482. The van der Waals surface area contributed by atoms with E-state index in [-0.39, 0.29) is 12.5 Å². The number of thiazole rings is 1. The fourth-order valence-electron chi connectivity index (χ4n) is 3.98. The Kier molecular flexibility index (Phi) is 5.94. The van der Waals surface area contributed by atoms with E-state index in [9.17, 15) is 4.79 Å². The lowest BCUT2D eigenvalue weighted by Crippen LogP contribution is -2.29. The van der Waals surface area contributed by atoms with Crippen molar-refractivity contribution in [2.45, 2.75) is 20.3 Å². The van der Waals surface area contributed by atoms with Crippen molar-refractivity contribution in [2.75, 3.05) is 18.4 Å². The molecule has 0 spiro atoms. The number of hydrogen-bond donors (Lipinski definition) is 3. The minimum atomic E-state index is -0.0482. The van der Waals surface area contributed by atoms with Crippen molar-refractivity contribution in [2.24, 2.45) is 0 Å². The first-order valence-corrected chi connectivity index (χ1v) is 11.9. The third-order valence-corrected chi connectivity index (χ3v) is 6.81. The number of nitrogens with zero attached hydrogens (tertiary/aromatic N) is 1. The highest BCUT2D eigenvalue weighted by molar-refractivity contribution is 7.21. The molecule has 166 valence electrons. The lowest BCUT2D eigenvalue weighted by molar-refractivity contribution is -0.115. The molecule has 5 nitrogen and oxygen atoms in total. The number of benzene rings is 3. The monoisotopic (exact) mass is 454 g/mol. The Bertz CT molecular complexity index is 1430. The largest absolute Gasteiger partial charge is 0.361 e. The number of carbonyl (C=O) groups excluding carboxylic acids is 1. The van der Waals surface area contributed by atoms with Crippen molar-refractivity contribution in [3.05, 3.63) is 83.6 Å². The summed E-state index contributed by atoms with van der Waals surface area (Å²) in [5, 5.41) is 8.45. The third-order valence-electron chi connectivity index (χ3n) is 5.74. The van der Waals surface area contributed by atoms with Gasteiger partial charge in [-0.1, -0.05) is 17.7 Å². The summed E-state index contributed by atoms with van der Waals surface area (Å²) in [4.78, 5) is 20.4. The van der Waals surface area contributed by atoms with Crippen LogP contribution in [-0.4, -0.2) is 29.0 Å². The van der Waals surface area contributed by atoms with Gasteiger partial charge in [0.25, 0.3) is 0 Å². The molecule has 2 heterocycles. The Morgan fingerprint density at radius 3 is 2.64 bits per heavy atom. The summed E-state index contributed by atoms with van der Waals surface area (Å²) in [5.74, 6) is -0.0482. The zero-order valence-electron chi connectivity index (χ0n) is 18.7. The third kappa shape index (κ3) is 4.82. The second-order valence-corrected chi connectivity index (χ2v) is 9.44. The summed E-state index contributed by atoms with van der Waals surface area (Å²) < 4.78 is 1.19. The molecule has 0 bridgehead atoms. The van der Waals surface area contributed by atoms with Crippen molar-refractivity contribution in [3.63, 3.8) is 0 Å². The first kappa shape index (κ1) is 21.4. The molecule has 0 aliphatic rings. The predicted octanol–water partition coefficient (Wildman–Crippen LogP) is 5.83. The summed E-state index contributed by atoms with van der Waals surface area (Å²) in [7, 11) is 0. The lowest BCUT2D eigenvalue weighted by atomic mass is 10.1. The minimum Gasteiger partial charge on any atom is -0.361 e. The average molecular weight is 455 g/mol. The van der Waals surface area contributed by atoms with Crippen LogP contribution in [0.3, 0.4) is 0 Å². The van der Waals surface area contributed by atoms with Crippen LogP contribution in [0, 0.1) is 13.8 Å². The number of aryl methyl sites for hydroxylation is 2. The normalized spacial score (nSPS) is 11.3. The molecule has 0 fully saturated rings. The Morgan fingerprint density at radius 1 is 1.00 bits per heavy atom. The number of H-pyrrole nitrogens is 1. The molecule has 3 N–H and O–H groups in total. The molecule has 0 aliphatic carbocycles. The van der Waals surface area contributed by atoms with Gasteiger partial charge in [0.05, 0.1) is 16.8 Å². The molecule has 0 unspecified atom stereocenters. The van der Waals surface area contributed by atoms with Gasteiger partial charge in [-0.25, -0.2) is 4.98 Å². The summed E-state index contributed by atoms with van der Waals surface area (Å²) in [6, 6.07) is 20.6. The molecule has 5 rings (SSSR count). The fraction of sp³-hybridized carbons (Fsp3) is 0.185. The quantitative estimate of drug-likeness (QED) is 0.271. The van der Waals surface area contributed by atoms with E-state index in [1.165, 1.54) is 26.8 Å². The number of hydrogen-bond acceptors (Lipinski definition) is 4. The maximum Gasteiger partial charge on any atom is 0.238 e. The molecule has 1 amide bonds. The molecule has 33 heavy (non-hydrogen) atoms. The van der Waals surface area contributed by atoms with Crippen LogP contribution in [-0.2, 0) is 11.2 Å². The Hall–Kier alpha value is -3.48. The molecular weight excluding hydrogens is 428 g/mol. The van der Waals surface area contributed by atoms with E-state index in [0.29, 0.717) is 0 Å². The molecule has 0 atom stereocenters. The van der Waals surface area contributed by atoms with E-state index in [4.69, 9.17) is 4.98 Å². The molecule has 6 heteroatoms. The van der Waals surface area contributed by atoms with Crippen LogP contribution in [0.15, 0.2) is 66.9 Å². The fourth-order valence-corrected chi connectivity index (χ4v) is 5.05. The summed E-state index contributed by atoms with van der Waals surface area (Å²) in [5.41, 5.74) is 7.76. The summed E-state index contributed by atoms with van der Waals surface area (Å²) in [6.07, 6.45) is 2.92. The smallest absolute Gasteiger partial charge is 0.238 e. The van der Waals surface area contributed by atoms with E-state index in [0.717, 1.165) is 40.3 Å². The number of rotatable bonds is 7. The van der Waals surface area contributed by atoms with E-state index in [2.05, 4.69) is 72.1 Å². The molecule has 0 aliphatic heterocycles. The molecular formula is C27H26N4OS. The molecule has 3 aromatic carbocycles. The van der Waals surface area contributed by atoms with Gasteiger partial charge in [0, 0.05) is 28.4 Å². The Balaban J connectivity index is 1.13. The Morgan fingerprint density at radius 2 is 1.79 bits per heavy atom. The summed E-state index contributed by atoms with van der Waals surface area (Å²) in [6.45, 7) is 5.21. The van der Waals surface area contributed by atoms with Gasteiger partial charge < -0.3 is 15.6 Å². The van der Waals surface area contributed by atoms with Crippen molar-refractivity contribution >= 4 is 44.1 Å². The molecule has 0 radical (unpaired) electrons. The Labute approximate surface area is 196 Å². The topological polar surface area (TPSA) is 69.8 Å². The van der Waals surface area contributed by atoms with Crippen LogP contribution in [0.4, 0.5) is 5.69 Å². The van der Waals surface area contributed by atoms with Crippen molar-refractivity contribution in [1.82, 2.24) is 15.3 Å². The highest BCUT2D eigenvalue weighted by Gasteiger charge is 2.08. The number of fused-ring (bicyclic) bond motifs is 2. The number of aromatic nitrogens is 2. The van der Waals surface area contributed by atoms with Crippen LogP contribution >= 0.6 is 11.3 Å². The van der Waals surface area contributed by atoms with E-state index in [1.54, 1.807) is 11.3 Å². The standard InChI is InChI=1S/C27H26N4OS/c1-17-3-9-23-22(13-17)20(15-29-23)11-12-28-16-26(32)30-21-7-5-19(6-8-21)27-31-24-10-4-18(2)14-25(24)33-27/h3-10,13-15,28-29H,11-12,16H2,1-2H3,(H,30,32). The van der Waals surface area contributed by atoms with E-state index >= 15 is 0 Å². The van der Waals surface area contributed by atoms with Crippen LogP contribution in [0.1, 0.15) is 16.7 Å². The summed E-state index contributed by atoms with van der Waals surface area (Å²) >= 11 is 1.69. The first-order chi connectivity index (χ1) is 16.0. The van der Waals surface area contributed by atoms with Gasteiger partial charge in [-0.15, -0.1) is 11.3 Å². The second kappa shape index (κ2) is 9.17. The van der Waals surface area contributed by atoms with Crippen LogP contribution in [0.2, 0.25) is 0 Å². The number of anilines is 1. The van der Waals surface area contributed by atoms with Crippen LogP contribution in [0.5, 0.6) is 0 Å². The van der Waals surface area contributed by atoms with Gasteiger partial charge in [-0.05, 0) is 86.5 Å². The zero-order chi connectivity index (χ0) is 22.8. The number of amides is 1. The van der Waals surface area contributed by atoms with Crippen LogP contribution in [0.25, 0.3) is 31.7 Å². The van der Waals surface area contributed by atoms with Gasteiger partial charge in [-0.3, -0.25) is 4.79 Å². The van der Waals surface area contributed by atoms with Gasteiger partial charge in [0.1, 0.15) is 5.01 Å². The first-order valence-electron chi connectivity index (χ1n) is 11.1. The van der Waals surface area contributed by atoms with Gasteiger partial charge >= 0.3 is 0 Å². The predicted molar refractivity (Wildman–Crippen MR) is 138 cm³/mol. The van der Waals surface area contributed by atoms with Crippen LogP contribution < -0.4 is 10.6 Å². The second-order valence-electron chi connectivity index (χ2n) is 8.41. The zero-order valence-corrected chi connectivity index (χ0v) is 19.6. The average Bonchev–Trinajstić information content (AvgIpc) is 3.40. The molecule has 0 saturated heterocycles. The maximum absolute atomic E-state index is 12.3. The number of carbonyl (C=O) groups is 1.